The lowest BCUT2D eigenvalue weighted by Crippen LogP contribution is -2.49. The normalized spacial score (nSPS) is 17.4. The third-order valence-electron chi connectivity index (χ3n) is 5.11. The Bertz CT molecular complexity index is 763. The van der Waals surface area contributed by atoms with Crippen LogP contribution in [0.25, 0.3) is 0 Å². The lowest BCUT2D eigenvalue weighted by Gasteiger charge is -2.35. The average molecular weight is 340 g/mol. The maximum absolute atomic E-state index is 12.5. The maximum atomic E-state index is 12.5. The van der Waals surface area contributed by atoms with Gasteiger partial charge in [-0.1, -0.05) is 12.1 Å². The Morgan fingerprint density at radius 2 is 2.08 bits per heavy atom. The highest BCUT2D eigenvalue weighted by Gasteiger charge is 2.22. The van der Waals surface area contributed by atoms with Crippen molar-refractivity contribution in [3.63, 3.8) is 0 Å². The summed E-state index contributed by atoms with van der Waals surface area (Å²) < 4.78 is 7.48. The number of carbonyl (C=O) groups is 1. The Hall–Kier alpha value is -2.34. The van der Waals surface area contributed by atoms with Crippen molar-refractivity contribution < 1.29 is 9.53 Å². The molecular weight excluding hydrogens is 316 g/mol. The van der Waals surface area contributed by atoms with Crippen LogP contribution in [0.4, 0.5) is 0 Å². The van der Waals surface area contributed by atoms with Crippen molar-refractivity contribution in [2.45, 2.75) is 26.4 Å². The number of amides is 1. The van der Waals surface area contributed by atoms with Crippen LogP contribution in [0.2, 0.25) is 0 Å². The van der Waals surface area contributed by atoms with Crippen LogP contribution in [0.15, 0.2) is 30.6 Å². The number of aromatic nitrogens is 2. The number of carbonyl (C=O) groups excluding carboxylic acids is 1. The molecule has 0 aliphatic carbocycles. The van der Waals surface area contributed by atoms with Crippen LogP contribution in [0.1, 0.15) is 17.0 Å². The number of piperazine rings is 1. The molecule has 1 aromatic carbocycles. The number of rotatable bonds is 4. The highest BCUT2D eigenvalue weighted by Crippen LogP contribution is 2.26. The van der Waals surface area contributed by atoms with Crippen LogP contribution in [-0.2, 0) is 24.3 Å². The van der Waals surface area contributed by atoms with E-state index in [9.17, 15) is 4.79 Å². The second-order valence-electron chi connectivity index (χ2n) is 6.80. The zero-order valence-corrected chi connectivity index (χ0v) is 14.6. The Morgan fingerprint density at radius 1 is 1.24 bits per heavy atom. The fraction of sp³-hybridized carbons (Fsp3) is 0.474. The number of hydrogen-bond donors (Lipinski definition) is 0. The molecule has 25 heavy (non-hydrogen) atoms. The standard InChI is InChI=1S/C19H24N4O2/c1-15-20-5-6-23(15)14-19(24)22-9-7-21(8-10-22)13-16-2-3-18-17(12-16)4-11-25-18/h2-3,5-6,12H,4,7-11,13-14H2,1H3. The fourth-order valence-corrected chi connectivity index (χ4v) is 3.57. The second-order valence-corrected chi connectivity index (χ2v) is 6.80. The van der Waals surface area contributed by atoms with Crippen molar-refractivity contribution in [3.05, 3.63) is 47.5 Å². The minimum absolute atomic E-state index is 0.176. The van der Waals surface area contributed by atoms with E-state index < -0.39 is 0 Å². The smallest absolute Gasteiger partial charge is 0.242 e. The van der Waals surface area contributed by atoms with Gasteiger partial charge in [-0.3, -0.25) is 9.69 Å². The first-order chi connectivity index (χ1) is 12.2. The minimum atomic E-state index is 0.176. The molecule has 2 aliphatic rings. The van der Waals surface area contributed by atoms with E-state index in [4.69, 9.17) is 4.74 Å². The van der Waals surface area contributed by atoms with Gasteiger partial charge in [0.15, 0.2) is 0 Å². The molecule has 3 heterocycles. The van der Waals surface area contributed by atoms with Crippen molar-refractivity contribution in [2.24, 2.45) is 0 Å². The first-order valence-electron chi connectivity index (χ1n) is 8.91. The Labute approximate surface area is 148 Å². The molecule has 2 aliphatic heterocycles. The van der Waals surface area contributed by atoms with E-state index in [1.165, 1.54) is 11.1 Å². The number of hydrogen-bond acceptors (Lipinski definition) is 4. The minimum Gasteiger partial charge on any atom is -0.493 e. The van der Waals surface area contributed by atoms with Crippen LogP contribution >= 0.6 is 0 Å². The average Bonchev–Trinajstić information content (AvgIpc) is 3.24. The summed E-state index contributed by atoms with van der Waals surface area (Å²) in [5.74, 6) is 2.09. The summed E-state index contributed by atoms with van der Waals surface area (Å²) in [5.41, 5.74) is 2.65. The molecule has 0 bridgehead atoms. The van der Waals surface area contributed by atoms with Crippen molar-refractivity contribution in [2.75, 3.05) is 32.8 Å². The van der Waals surface area contributed by atoms with E-state index in [0.29, 0.717) is 6.54 Å². The Balaban J connectivity index is 1.29. The number of ether oxygens (including phenoxy) is 1. The van der Waals surface area contributed by atoms with Gasteiger partial charge in [-0.2, -0.15) is 0 Å². The molecule has 1 aromatic heterocycles. The fourth-order valence-electron chi connectivity index (χ4n) is 3.57. The van der Waals surface area contributed by atoms with E-state index in [1.54, 1.807) is 6.20 Å². The number of nitrogens with zero attached hydrogens (tertiary/aromatic N) is 4. The van der Waals surface area contributed by atoms with Crippen molar-refractivity contribution in [1.82, 2.24) is 19.4 Å². The van der Waals surface area contributed by atoms with Crippen LogP contribution < -0.4 is 4.74 Å². The summed E-state index contributed by atoms with van der Waals surface area (Å²) in [6.45, 7) is 7.47. The van der Waals surface area contributed by atoms with Gasteiger partial charge >= 0.3 is 0 Å². The SMILES string of the molecule is Cc1nccn1CC(=O)N1CCN(Cc2ccc3c(c2)CCO3)CC1. The molecule has 0 radical (unpaired) electrons. The van der Waals surface area contributed by atoms with Gasteiger partial charge in [0.1, 0.15) is 18.1 Å². The molecular formula is C19H24N4O2. The third kappa shape index (κ3) is 3.54. The zero-order chi connectivity index (χ0) is 17.2. The summed E-state index contributed by atoms with van der Waals surface area (Å²) in [5, 5.41) is 0. The number of aryl methyl sites for hydroxylation is 1. The highest BCUT2D eigenvalue weighted by molar-refractivity contribution is 5.76. The van der Waals surface area contributed by atoms with Crippen LogP contribution in [0.3, 0.4) is 0 Å². The summed E-state index contributed by atoms with van der Waals surface area (Å²) in [6, 6.07) is 6.51. The van der Waals surface area contributed by atoms with Gasteiger partial charge in [0.25, 0.3) is 0 Å². The molecule has 0 atom stereocenters. The van der Waals surface area contributed by atoms with Gasteiger partial charge in [-0.25, -0.2) is 4.98 Å². The largest absolute Gasteiger partial charge is 0.493 e. The summed E-state index contributed by atoms with van der Waals surface area (Å²) >= 11 is 0. The molecule has 0 spiro atoms. The van der Waals surface area contributed by atoms with Crippen molar-refractivity contribution in [3.8, 4) is 5.75 Å². The van der Waals surface area contributed by atoms with E-state index in [-0.39, 0.29) is 5.91 Å². The number of benzene rings is 1. The summed E-state index contributed by atoms with van der Waals surface area (Å²) in [6.07, 6.45) is 4.61. The molecule has 6 nitrogen and oxygen atoms in total. The quantitative estimate of drug-likeness (QED) is 0.846. The molecule has 132 valence electrons. The van der Waals surface area contributed by atoms with E-state index >= 15 is 0 Å². The van der Waals surface area contributed by atoms with Gasteiger partial charge in [0.2, 0.25) is 5.91 Å². The molecule has 1 saturated heterocycles. The lowest BCUT2D eigenvalue weighted by atomic mass is 10.1. The van der Waals surface area contributed by atoms with Gasteiger partial charge in [0.05, 0.1) is 6.61 Å². The molecule has 0 unspecified atom stereocenters. The van der Waals surface area contributed by atoms with Crippen LogP contribution in [-0.4, -0.2) is 58.0 Å². The predicted molar refractivity (Wildman–Crippen MR) is 94.5 cm³/mol. The van der Waals surface area contributed by atoms with Crippen LogP contribution in [0, 0.1) is 6.92 Å². The van der Waals surface area contributed by atoms with Gasteiger partial charge in [-0.15, -0.1) is 0 Å². The Kier molecular flexibility index (Phi) is 4.44. The predicted octanol–water partition coefficient (Wildman–Crippen LogP) is 1.47. The molecule has 1 amide bonds. The first-order valence-corrected chi connectivity index (χ1v) is 8.91. The van der Waals surface area contributed by atoms with Gasteiger partial charge < -0.3 is 14.2 Å². The highest BCUT2D eigenvalue weighted by atomic mass is 16.5. The van der Waals surface area contributed by atoms with Crippen molar-refractivity contribution in [1.29, 1.82) is 0 Å². The zero-order valence-electron chi connectivity index (χ0n) is 14.6. The number of fused-ring (bicyclic) bond motifs is 1. The van der Waals surface area contributed by atoms with Crippen LogP contribution in [0.5, 0.6) is 5.75 Å². The third-order valence-corrected chi connectivity index (χ3v) is 5.11. The number of imidazole rings is 1. The van der Waals surface area contributed by atoms with Gasteiger partial charge in [0, 0.05) is 51.5 Å². The topological polar surface area (TPSA) is 50.6 Å². The summed E-state index contributed by atoms with van der Waals surface area (Å²) in [7, 11) is 0. The molecule has 2 aromatic rings. The Morgan fingerprint density at radius 3 is 2.84 bits per heavy atom. The lowest BCUT2D eigenvalue weighted by molar-refractivity contribution is -0.133. The summed E-state index contributed by atoms with van der Waals surface area (Å²) in [4.78, 5) is 21.0. The molecule has 0 saturated carbocycles. The van der Waals surface area contributed by atoms with Gasteiger partial charge in [-0.05, 0) is 24.1 Å². The molecule has 6 heteroatoms. The monoisotopic (exact) mass is 340 g/mol. The maximum Gasteiger partial charge on any atom is 0.242 e. The molecule has 1 fully saturated rings. The van der Waals surface area contributed by atoms with E-state index in [1.807, 2.05) is 22.6 Å². The van der Waals surface area contributed by atoms with E-state index in [2.05, 4.69) is 28.1 Å². The molecule has 4 rings (SSSR count). The second kappa shape index (κ2) is 6.88. The van der Waals surface area contributed by atoms with E-state index in [0.717, 1.165) is 57.3 Å². The van der Waals surface area contributed by atoms with Crippen molar-refractivity contribution >= 4 is 5.91 Å². The molecule has 0 N–H and O–H groups in total. The first kappa shape index (κ1) is 16.1.